The maximum Gasteiger partial charge on any atom is 0.326 e. The van der Waals surface area contributed by atoms with E-state index in [4.69, 9.17) is 11.5 Å². The molecule has 0 radical (unpaired) electrons. The molecule has 2 aliphatic rings. The maximum atomic E-state index is 14.3. The summed E-state index contributed by atoms with van der Waals surface area (Å²) in [5, 5.41) is 34.9. The second-order valence-corrected chi connectivity index (χ2v) is 15.8. The van der Waals surface area contributed by atoms with E-state index < -0.39 is 77.7 Å². The number of aliphatic carboxylic acids is 1. The monoisotopic (exact) mass is 799 g/mol. The number of hydrogen-bond acceptors (Lipinski definition) is 10. The van der Waals surface area contributed by atoms with Crippen LogP contribution in [-0.4, -0.2) is 113 Å². The fourth-order valence-electron chi connectivity index (χ4n) is 7.14. The number of nitrogens with zero attached hydrogens (tertiary/aromatic N) is 1. The molecule has 2 aliphatic heterocycles. The molecule has 2 bridgehead atoms. The van der Waals surface area contributed by atoms with Crippen molar-refractivity contribution in [3.8, 4) is 5.75 Å². The zero-order valence-electron chi connectivity index (χ0n) is 34.1. The smallest absolute Gasteiger partial charge is 0.326 e. The number of aromatic hydroxyl groups is 1. The first-order valence-corrected chi connectivity index (χ1v) is 20.5. The third-order valence-electron chi connectivity index (χ3n) is 10.7. The number of amides is 5. The second kappa shape index (κ2) is 23.6. The van der Waals surface area contributed by atoms with Crippen molar-refractivity contribution in [3.63, 3.8) is 0 Å². The number of carbonyl (C=O) groups excluding carboxylic acids is 5. The van der Waals surface area contributed by atoms with Gasteiger partial charge in [-0.2, -0.15) is 0 Å². The van der Waals surface area contributed by atoms with Gasteiger partial charge in [-0.25, -0.2) is 4.79 Å². The van der Waals surface area contributed by atoms with Gasteiger partial charge in [0, 0.05) is 19.5 Å². The van der Waals surface area contributed by atoms with E-state index in [0.717, 1.165) is 0 Å². The number of carboxylic acids is 1. The fourth-order valence-corrected chi connectivity index (χ4v) is 7.14. The average molecular weight is 799 g/mol. The molecule has 5 amide bonds. The van der Waals surface area contributed by atoms with Crippen molar-refractivity contribution >= 4 is 35.5 Å². The molecule has 1 fully saturated rings. The number of unbranched alkanes of at least 4 members (excludes halogenated alkanes) is 1. The van der Waals surface area contributed by atoms with Gasteiger partial charge >= 0.3 is 5.97 Å². The first-order valence-electron chi connectivity index (χ1n) is 20.5. The minimum absolute atomic E-state index is 0.0204. The normalized spacial score (nSPS) is 23.8. The number of carbonyl (C=O) groups is 6. The third-order valence-corrected chi connectivity index (χ3v) is 10.7. The van der Waals surface area contributed by atoms with Crippen LogP contribution in [0.4, 0.5) is 0 Å². The predicted octanol–water partition coefficient (Wildman–Crippen LogP) is 0.980. The molecule has 7 atom stereocenters. The van der Waals surface area contributed by atoms with E-state index in [-0.39, 0.29) is 31.1 Å². The summed E-state index contributed by atoms with van der Waals surface area (Å²) in [6.07, 6.45) is 8.22. The number of nitrogens with two attached hydrogens (primary N) is 2. The Morgan fingerprint density at radius 2 is 1.75 bits per heavy atom. The molecule has 0 spiro atoms. The van der Waals surface area contributed by atoms with Crippen molar-refractivity contribution < 1.29 is 39.0 Å². The molecule has 318 valence electrons. The van der Waals surface area contributed by atoms with E-state index >= 15 is 0 Å². The third kappa shape index (κ3) is 14.7. The van der Waals surface area contributed by atoms with Crippen molar-refractivity contribution in [2.75, 3.05) is 26.2 Å². The van der Waals surface area contributed by atoms with Crippen LogP contribution in [0.3, 0.4) is 0 Å². The van der Waals surface area contributed by atoms with Gasteiger partial charge in [-0.15, -0.1) is 0 Å². The summed E-state index contributed by atoms with van der Waals surface area (Å²) in [5.74, 6) is -4.33. The zero-order valence-corrected chi connectivity index (χ0v) is 34.1. The number of phenols is 1. The summed E-state index contributed by atoms with van der Waals surface area (Å²) < 4.78 is 0. The molecular weight excluding hydrogens is 732 g/mol. The highest BCUT2D eigenvalue weighted by Crippen LogP contribution is 2.23. The zero-order chi connectivity index (χ0) is 42.1. The van der Waals surface area contributed by atoms with Crippen LogP contribution in [0.2, 0.25) is 0 Å². The minimum atomic E-state index is -1.23. The minimum Gasteiger partial charge on any atom is -0.508 e. The lowest BCUT2D eigenvalue weighted by atomic mass is 9.95. The van der Waals surface area contributed by atoms with Gasteiger partial charge in [0.25, 0.3) is 0 Å². The first-order chi connectivity index (χ1) is 27.2. The highest BCUT2D eigenvalue weighted by atomic mass is 16.4. The van der Waals surface area contributed by atoms with Crippen LogP contribution in [0.5, 0.6) is 5.75 Å². The molecule has 0 saturated carbocycles. The van der Waals surface area contributed by atoms with Gasteiger partial charge in [-0.05, 0) is 99.9 Å². The molecule has 0 aliphatic carbocycles. The molecule has 1 aromatic carbocycles. The van der Waals surface area contributed by atoms with Crippen LogP contribution in [0.25, 0.3) is 0 Å². The van der Waals surface area contributed by atoms with Gasteiger partial charge in [-0.3, -0.25) is 24.0 Å². The van der Waals surface area contributed by atoms with Crippen molar-refractivity contribution in [1.29, 1.82) is 0 Å². The summed E-state index contributed by atoms with van der Waals surface area (Å²) in [7, 11) is 0. The Morgan fingerprint density at radius 3 is 2.44 bits per heavy atom. The Balaban J connectivity index is 2.00. The predicted molar refractivity (Wildman–Crippen MR) is 217 cm³/mol. The maximum absolute atomic E-state index is 14.3. The van der Waals surface area contributed by atoms with Gasteiger partial charge in [-0.1, -0.05) is 58.4 Å². The van der Waals surface area contributed by atoms with Gasteiger partial charge < -0.3 is 53.2 Å². The number of nitrogens with one attached hydrogen (secondary N) is 5. The van der Waals surface area contributed by atoms with E-state index in [1.54, 1.807) is 19.1 Å². The molecule has 16 nitrogen and oxygen atoms in total. The summed E-state index contributed by atoms with van der Waals surface area (Å²) in [4.78, 5) is 82.9. The number of hydrogen-bond donors (Lipinski definition) is 9. The summed E-state index contributed by atoms with van der Waals surface area (Å²) in [5.41, 5.74) is 13.2. The summed E-state index contributed by atoms with van der Waals surface area (Å²) in [6, 6.07) is -1.29. The van der Waals surface area contributed by atoms with Crippen LogP contribution < -0.4 is 38.1 Å². The van der Waals surface area contributed by atoms with Crippen LogP contribution >= 0.6 is 0 Å². The number of phenolic OH excluding ortho intramolecular Hbond substituents is 1. The van der Waals surface area contributed by atoms with E-state index in [9.17, 15) is 39.0 Å². The molecule has 1 saturated heterocycles. The number of allylic oxidation sites excluding steroid dienone is 1. The number of rotatable bonds is 13. The molecule has 11 N–H and O–H groups in total. The lowest BCUT2D eigenvalue weighted by Crippen LogP contribution is -2.60. The number of carboxylic acid groups (broad SMARTS) is 1. The van der Waals surface area contributed by atoms with Gasteiger partial charge in [0.2, 0.25) is 29.5 Å². The number of fused-ring (bicyclic) bond motifs is 3. The lowest BCUT2D eigenvalue weighted by Gasteiger charge is -2.31. The Labute approximate surface area is 336 Å². The summed E-state index contributed by atoms with van der Waals surface area (Å²) in [6.45, 7) is 9.13. The molecule has 3 rings (SSSR count). The van der Waals surface area contributed by atoms with Crippen LogP contribution in [0, 0.1) is 11.8 Å². The van der Waals surface area contributed by atoms with E-state index in [2.05, 4.69) is 26.6 Å². The standard InChI is InChI=1S/C41H66N8O8/c1-5-26(4)35(39(54)47-32(41(56)57)22-25(2)3)48-37(52)31-24-27-16-17-34(50)28(23-27)12-7-9-19-44-20-10-13-29(43)36(51)45-30(14-6-8-18-42)40(55)49-21-11-15-33(49)38(53)46-31/h7,9,16-17,23,25-26,29-33,35,44,50H,5-6,8,10-15,18-22,24,42-43H2,1-4H3,(H,45,51)(H,46,53)(H,47,54)(H,48,52)(H,56,57)/b9-7+/t26-,29-,30-,31-,32-,33-,35-/m0/s1. The average Bonchev–Trinajstić information content (AvgIpc) is 3.67. The SMILES string of the molecule is CC[C@H](C)[C@H](NC(=O)[C@@H]1Cc2ccc(O)c(c2)C/C=C/CNCCC[C@H](N)C(=O)N[C@@H](CCCCN)C(=O)N2CCC[C@H]2C(=O)N1)C(=O)N[C@@H](CC(C)C)C(=O)O. The second-order valence-electron chi connectivity index (χ2n) is 15.8. The number of benzene rings is 1. The molecule has 0 aromatic heterocycles. The van der Waals surface area contributed by atoms with Crippen molar-refractivity contribution in [2.24, 2.45) is 23.3 Å². The van der Waals surface area contributed by atoms with E-state index in [1.165, 1.54) is 11.0 Å². The lowest BCUT2D eigenvalue weighted by molar-refractivity contribution is -0.143. The molecule has 57 heavy (non-hydrogen) atoms. The summed E-state index contributed by atoms with van der Waals surface area (Å²) >= 11 is 0. The quantitative estimate of drug-likeness (QED) is 0.100. The first kappa shape index (κ1) is 46.8. The fraction of sp³-hybridized carbons (Fsp3) is 0.659. The molecular formula is C41H66N8O8. The van der Waals surface area contributed by atoms with Crippen LogP contribution in [0.15, 0.2) is 30.4 Å². The highest BCUT2D eigenvalue weighted by Gasteiger charge is 2.40. The Morgan fingerprint density at radius 1 is 1.00 bits per heavy atom. The Kier molecular flexibility index (Phi) is 19.4. The van der Waals surface area contributed by atoms with Gasteiger partial charge in [0.1, 0.15) is 36.0 Å². The molecule has 16 heteroatoms. The van der Waals surface area contributed by atoms with Gasteiger partial charge in [0.15, 0.2) is 0 Å². The van der Waals surface area contributed by atoms with Crippen LogP contribution in [-0.2, 0) is 41.6 Å². The van der Waals surface area contributed by atoms with E-state index in [1.807, 2.05) is 32.9 Å². The molecule has 2 heterocycles. The Hall–Kier alpha value is -4.54. The topological polar surface area (TPSA) is 258 Å². The van der Waals surface area contributed by atoms with Crippen LogP contribution in [0.1, 0.15) is 96.6 Å². The highest BCUT2D eigenvalue weighted by molar-refractivity contribution is 5.96. The van der Waals surface area contributed by atoms with Crippen molar-refractivity contribution in [1.82, 2.24) is 31.5 Å². The molecule has 0 unspecified atom stereocenters. The Bertz CT molecular complexity index is 1550. The molecule has 1 aromatic rings. The van der Waals surface area contributed by atoms with E-state index in [0.29, 0.717) is 88.5 Å². The largest absolute Gasteiger partial charge is 0.508 e. The van der Waals surface area contributed by atoms with Gasteiger partial charge in [0.05, 0.1) is 6.04 Å². The van der Waals surface area contributed by atoms with Crippen molar-refractivity contribution in [3.05, 3.63) is 41.5 Å². The van der Waals surface area contributed by atoms with Crippen molar-refractivity contribution in [2.45, 2.75) is 135 Å².